The highest BCUT2D eigenvalue weighted by molar-refractivity contribution is 5.45. The molecule has 1 saturated carbocycles. The van der Waals surface area contributed by atoms with Gasteiger partial charge in [0.1, 0.15) is 5.82 Å². The van der Waals surface area contributed by atoms with E-state index in [1.165, 1.54) is 24.0 Å². The van der Waals surface area contributed by atoms with E-state index in [4.69, 9.17) is 0 Å². The SMILES string of the molecule is Cc1ccccc1CNc1cc(C2CC2)nc(NCCN(C)C)n1. The molecule has 0 unspecified atom stereocenters. The smallest absolute Gasteiger partial charge is 0.224 e. The zero-order valence-corrected chi connectivity index (χ0v) is 14.8. The summed E-state index contributed by atoms with van der Waals surface area (Å²) in [6.07, 6.45) is 2.48. The number of benzene rings is 1. The minimum Gasteiger partial charge on any atom is -0.366 e. The van der Waals surface area contributed by atoms with Gasteiger partial charge in [0.15, 0.2) is 0 Å². The number of rotatable bonds is 8. The first-order chi connectivity index (χ1) is 11.6. The Morgan fingerprint density at radius 1 is 1.12 bits per heavy atom. The Kier molecular flexibility index (Phi) is 5.30. The van der Waals surface area contributed by atoms with Crippen LogP contribution in [0.15, 0.2) is 30.3 Å². The van der Waals surface area contributed by atoms with Gasteiger partial charge in [-0.2, -0.15) is 4.98 Å². The number of aryl methyl sites for hydroxylation is 1. The minimum absolute atomic E-state index is 0.612. The van der Waals surface area contributed by atoms with Crippen LogP contribution in [0, 0.1) is 6.92 Å². The second kappa shape index (κ2) is 7.62. The predicted octanol–water partition coefficient (Wildman–Crippen LogP) is 3.25. The van der Waals surface area contributed by atoms with Crippen LogP contribution in [0.4, 0.5) is 11.8 Å². The molecule has 3 rings (SSSR count). The van der Waals surface area contributed by atoms with E-state index < -0.39 is 0 Å². The van der Waals surface area contributed by atoms with Gasteiger partial charge >= 0.3 is 0 Å². The van der Waals surface area contributed by atoms with E-state index in [2.05, 4.69) is 76.9 Å². The summed E-state index contributed by atoms with van der Waals surface area (Å²) in [5, 5.41) is 6.81. The van der Waals surface area contributed by atoms with E-state index in [0.717, 1.165) is 37.1 Å². The Bertz CT molecular complexity index is 679. The molecular weight excluding hydrogens is 298 g/mol. The summed E-state index contributed by atoms with van der Waals surface area (Å²) < 4.78 is 0. The second-order valence-electron chi connectivity index (χ2n) is 6.79. The van der Waals surface area contributed by atoms with Crippen molar-refractivity contribution in [3.63, 3.8) is 0 Å². The fraction of sp³-hybridized carbons (Fsp3) is 0.474. The van der Waals surface area contributed by atoms with Crippen molar-refractivity contribution in [2.75, 3.05) is 37.8 Å². The van der Waals surface area contributed by atoms with E-state index in [-0.39, 0.29) is 0 Å². The predicted molar refractivity (Wildman–Crippen MR) is 99.6 cm³/mol. The largest absolute Gasteiger partial charge is 0.366 e. The summed E-state index contributed by atoms with van der Waals surface area (Å²) in [6.45, 7) is 4.73. The molecule has 0 radical (unpaired) electrons. The number of aromatic nitrogens is 2. The molecule has 0 aliphatic heterocycles. The first kappa shape index (κ1) is 16.7. The quantitative estimate of drug-likeness (QED) is 0.780. The molecule has 1 fully saturated rings. The van der Waals surface area contributed by atoms with Crippen LogP contribution >= 0.6 is 0 Å². The molecule has 128 valence electrons. The Morgan fingerprint density at radius 3 is 2.62 bits per heavy atom. The molecular formula is C19H27N5. The van der Waals surface area contributed by atoms with E-state index in [0.29, 0.717) is 5.92 Å². The van der Waals surface area contributed by atoms with Crippen LogP contribution in [0.1, 0.15) is 35.6 Å². The lowest BCUT2D eigenvalue weighted by Gasteiger charge is -2.13. The van der Waals surface area contributed by atoms with Crippen LogP contribution in [-0.4, -0.2) is 42.1 Å². The van der Waals surface area contributed by atoms with Crippen LogP contribution < -0.4 is 10.6 Å². The third-order valence-electron chi connectivity index (χ3n) is 4.30. The van der Waals surface area contributed by atoms with Crippen LogP contribution in [0.25, 0.3) is 0 Å². The molecule has 2 N–H and O–H groups in total. The standard InChI is InChI=1S/C19H27N5/c1-14-6-4-5-7-16(14)13-21-18-12-17(15-8-9-15)22-19(23-18)20-10-11-24(2)3/h4-7,12,15H,8-11,13H2,1-3H3,(H2,20,21,22,23). The van der Waals surface area contributed by atoms with Crippen molar-refractivity contribution in [3.8, 4) is 0 Å². The van der Waals surface area contributed by atoms with Gasteiger partial charge in [-0.05, 0) is 45.0 Å². The second-order valence-corrected chi connectivity index (χ2v) is 6.79. The first-order valence-corrected chi connectivity index (χ1v) is 8.68. The monoisotopic (exact) mass is 325 g/mol. The fourth-order valence-electron chi connectivity index (χ4n) is 2.61. The maximum atomic E-state index is 4.68. The molecule has 1 aromatic heterocycles. The number of likely N-dealkylation sites (N-methyl/N-ethyl adjacent to an activating group) is 1. The first-order valence-electron chi connectivity index (χ1n) is 8.68. The maximum absolute atomic E-state index is 4.68. The highest BCUT2D eigenvalue weighted by Crippen LogP contribution is 2.39. The van der Waals surface area contributed by atoms with Crippen molar-refractivity contribution in [2.45, 2.75) is 32.2 Å². The maximum Gasteiger partial charge on any atom is 0.224 e. The number of hydrogen-bond acceptors (Lipinski definition) is 5. The molecule has 2 aromatic rings. The van der Waals surface area contributed by atoms with Gasteiger partial charge in [-0.25, -0.2) is 4.98 Å². The van der Waals surface area contributed by atoms with E-state index >= 15 is 0 Å². The molecule has 1 aliphatic carbocycles. The normalized spacial score (nSPS) is 14.0. The lowest BCUT2D eigenvalue weighted by molar-refractivity contribution is 0.425. The summed E-state index contributed by atoms with van der Waals surface area (Å²) in [6, 6.07) is 10.5. The van der Waals surface area contributed by atoms with Gasteiger partial charge in [0.2, 0.25) is 5.95 Å². The Morgan fingerprint density at radius 2 is 1.92 bits per heavy atom. The van der Waals surface area contributed by atoms with Crippen molar-refractivity contribution in [1.29, 1.82) is 0 Å². The average Bonchev–Trinajstić information content (AvgIpc) is 3.38. The van der Waals surface area contributed by atoms with Gasteiger partial charge in [0, 0.05) is 31.6 Å². The van der Waals surface area contributed by atoms with Crippen LogP contribution in [0.3, 0.4) is 0 Å². The zero-order valence-electron chi connectivity index (χ0n) is 14.8. The molecule has 1 aromatic carbocycles. The summed E-state index contributed by atoms with van der Waals surface area (Å²) in [4.78, 5) is 11.5. The number of anilines is 2. The van der Waals surface area contributed by atoms with Crippen LogP contribution in [0.5, 0.6) is 0 Å². The lowest BCUT2D eigenvalue weighted by Crippen LogP contribution is -2.21. The highest BCUT2D eigenvalue weighted by atomic mass is 15.2. The fourth-order valence-corrected chi connectivity index (χ4v) is 2.61. The van der Waals surface area contributed by atoms with E-state index in [1.54, 1.807) is 0 Å². The molecule has 0 spiro atoms. The molecule has 0 saturated heterocycles. The molecule has 24 heavy (non-hydrogen) atoms. The Balaban J connectivity index is 1.69. The summed E-state index contributed by atoms with van der Waals surface area (Å²) in [7, 11) is 4.14. The number of nitrogens with zero attached hydrogens (tertiary/aromatic N) is 3. The molecule has 5 heteroatoms. The van der Waals surface area contributed by atoms with Crippen LogP contribution in [-0.2, 0) is 6.54 Å². The molecule has 1 aliphatic rings. The molecule has 0 amide bonds. The topological polar surface area (TPSA) is 53.1 Å². The zero-order chi connectivity index (χ0) is 16.9. The van der Waals surface area contributed by atoms with Gasteiger partial charge in [-0.3, -0.25) is 0 Å². The average molecular weight is 325 g/mol. The van der Waals surface area contributed by atoms with Crippen molar-refractivity contribution in [1.82, 2.24) is 14.9 Å². The van der Waals surface area contributed by atoms with Crippen molar-refractivity contribution >= 4 is 11.8 Å². The lowest BCUT2D eigenvalue weighted by atomic mass is 10.1. The van der Waals surface area contributed by atoms with Gasteiger partial charge in [-0.1, -0.05) is 24.3 Å². The van der Waals surface area contributed by atoms with Crippen molar-refractivity contribution in [3.05, 3.63) is 47.2 Å². The van der Waals surface area contributed by atoms with E-state index in [9.17, 15) is 0 Å². The van der Waals surface area contributed by atoms with Gasteiger partial charge in [0.25, 0.3) is 0 Å². The van der Waals surface area contributed by atoms with Gasteiger partial charge < -0.3 is 15.5 Å². The van der Waals surface area contributed by atoms with E-state index in [1.807, 2.05) is 0 Å². The minimum atomic E-state index is 0.612. The Labute approximate surface area is 144 Å². The van der Waals surface area contributed by atoms with Crippen molar-refractivity contribution in [2.24, 2.45) is 0 Å². The molecule has 5 nitrogen and oxygen atoms in total. The van der Waals surface area contributed by atoms with Crippen LogP contribution in [0.2, 0.25) is 0 Å². The number of nitrogens with one attached hydrogen (secondary N) is 2. The van der Waals surface area contributed by atoms with Crippen molar-refractivity contribution < 1.29 is 0 Å². The highest BCUT2D eigenvalue weighted by Gasteiger charge is 2.26. The third kappa shape index (κ3) is 4.68. The Hall–Kier alpha value is -2.14. The molecule has 1 heterocycles. The summed E-state index contributed by atoms with van der Waals surface area (Å²) in [5.41, 5.74) is 3.75. The molecule has 0 bridgehead atoms. The third-order valence-corrected chi connectivity index (χ3v) is 4.30. The number of hydrogen-bond donors (Lipinski definition) is 2. The summed E-state index contributed by atoms with van der Waals surface area (Å²) in [5.74, 6) is 2.25. The van der Waals surface area contributed by atoms with Gasteiger partial charge in [0.05, 0.1) is 5.69 Å². The van der Waals surface area contributed by atoms with Gasteiger partial charge in [-0.15, -0.1) is 0 Å². The summed E-state index contributed by atoms with van der Waals surface area (Å²) >= 11 is 0. The molecule has 0 atom stereocenters.